The van der Waals surface area contributed by atoms with Crippen molar-refractivity contribution in [3.05, 3.63) is 35.8 Å². The molecule has 1 aliphatic heterocycles. The standard InChI is InChI=1S/C17H21N7OS2/c1-10(2)24(25)27-23-6-5-13-12(8-23)16(20-9-19-13)22-17-21-14-4-3-11(18)7-15(14)26-17/h3-4,7,9-10,25H,5-6,8,18H2,1-2H3,(H,19,20,21,22). The third-order valence-electron chi connectivity index (χ3n) is 4.25. The van der Waals surface area contributed by atoms with Crippen LogP contribution in [0.1, 0.15) is 25.1 Å². The smallest absolute Gasteiger partial charge is 0.189 e. The van der Waals surface area contributed by atoms with Crippen LogP contribution in [0, 0.1) is 0 Å². The summed E-state index contributed by atoms with van der Waals surface area (Å²) in [6.07, 6.45) is 2.39. The maximum absolute atomic E-state index is 10.0. The molecule has 27 heavy (non-hydrogen) atoms. The number of rotatable bonds is 5. The summed E-state index contributed by atoms with van der Waals surface area (Å²) < 4.78 is 4.40. The highest BCUT2D eigenvalue weighted by Crippen LogP contribution is 2.33. The van der Waals surface area contributed by atoms with E-state index < -0.39 is 0 Å². The van der Waals surface area contributed by atoms with Crippen molar-refractivity contribution in [1.29, 1.82) is 0 Å². The summed E-state index contributed by atoms with van der Waals surface area (Å²) in [6, 6.07) is 5.73. The minimum absolute atomic E-state index is 0.0381. The van der Waals surface area contributed by atoms with Crippen LogP contribution in [0.5, 0.6) is 0 Å². The third-order valence-corrected chi connectivity index (χ3v) is 6.31. The van der Waals surface area contributed by atoms with Crippen LogP contribution in [0.4, 0.5) is 16.6 Å². The number of nitrogens with two attached hydrogens (primary N) is 1. The van der Waals surface area contributed by atoms with E-state index >= 15 is 0 Å². The molecule has 4 N–H and O–H groups in total. The fraction of sp³-hybridized carbons (Fsp3) is 0.353. The summed E-state index contributed by atoms with van der Waals surface area (Å²) in [5, 5.41) is 14.1. The Balaban J connectivity index is 1.57. The van der Waals surface area contributed by atoms with Gasteiger partial charge in [-0.15, -0.1) is 4.47 Å². The highest BCUT2D eigenvalue weighted by Gasteiger charge is 2.24. The number of hydrogen-bond acceptors (Lipinski definition) is 10. The van der Waals surface area contributed by atoms with Crippen molar-refractivity contribution in [2.75, 3.05) is 17.6 Å². The van der Waals surface area contributed by atoms with Crippen LogP contribution in [-0.2, 0) is 13.0 Å². The molecular formula is C17H21N7OS2. The number of anilines is 3. The molecule has 1 aliphatic rings. The quantitative estimate of drug-likeness (QED) is 0.336. The zero-order valence-corrected chi connectivity index (χ0v) is 16.7. The Morgan fingerprint density at radius 1 is 1.37 bits per heavy atom. The number of nitrogens with zero attached hydrogens (tertiary/aromatic N) is 5. The number of benzene rings is 1. The molecule has 0 radical (unpaired) electrons. The SMILES string of the molecule is CC(C)N(O)SN1CCc2ncnc(Nc3nc4ccc(N)cc4s3)c2C1. The molecule has 0 saturated heterocycles. The lowest BCUT2D eigenvalue weighted by atomic mass is 10.1. The predicted molar refractivity (Wildman–Crippen MR) is 110 cm³/mol. The summed E-state index contributed by atoms with van der Waals surface area (Å²) in [5.74, 6) is 0.756. The zero-order valence-electron chi connectivity index (χ0n) is 15.1. The van der Waals surface area contributed by atoms with Crippen LogP contribution >= 0.6 is 23.5 Å². The molecule has 0 amide bonds. The first-order valence-electron chi connectivity index (χ1n) is 8.66. The van der Waals surface area contributed by atoms with Gasteiger partial charge in [0.15, 0.2) is 5.13 Å². The van der Waals surface area contributed by atoms with Crippen molar-refractivity contribution in [1.82, 2.24) is 23.7 Å². The Labute approximate surface area is 165 Å². The van der Waals surface area contributed by atoms with E-state index in [9.17, 15) is 5.21 Å². The minimum atomic E-state index is 0.0381. The van der Waals surface area contributed by atoms with Crippen LogP contribution in [0.25, 0.3) is 10.2 Å². The normalized spacial score (nSPS) is 14.9. The second-order valence-corrected chi connectivity index (χ2v) is 8.69. The fourth-order valence-electron chi connectivity index (χ4n) is 2.80. The number of nitrogen functional groups attached to an aromatic ring is 1. The molecule has 0 spiro atoms. The second kappa shape index (κ2) is 7.56. The van der Waals surface area contributed by atoms with Crippen molar-refractivity contribution in [2.45, 2.75) is 32.9 Å². The van der Waals surface area contributed by atoms with Crippen molar-refractivity contribution < 1.29 is 5.21 Å². The van der Waals surface area contributed by atoms with Gasteiger partial charge in [0.2, 0.25) is 0 Å². The minimum Gasteiger partial charge on any atom is -0.399 e. The molecule has 0 bridgehead atoms. The summed E-state index contributed by atoms with van der Waals surface area (Å²) >= 11 is 2.87. The molecule has 0 fully saturated rings. The summed E-state index contributed by atoms with van der Waals surface area (Å²) in [4.78, 5) is 13.5. The first-order valence-corrected chi connectivity index (χ1v) is 10.2. The molecule has 4 rings (SSSR count). The van der Waals surface area contributed by atoms with Gasteiger partial charge in [0, 0.05) is 48.9 Å². The summed E-state index contributed by atoms with van der Waals surface area (Å²) in [5.41, 5.74) is 9.56. The molecule has 0 atom stereocenters. The van der Waals surface area contributed by atoms with Gasteiger partial charge in [0.25, 0.3) is 0 Å². The third kappa shape index (κ3) is 3.99. The molecule has 0 saturated carbocycles. The molecule has 10 heteroatoms. The second-order valence-electron chi connectivity index (χ2n) is 6.61. The molecule has 8 nitrogen and oxygen atoms in total. The highest BCUT2D eigenvalue weighted by molar-refractivity contribution is 7.94. The van der Waals surface area contributed by atoms with Gasteiger partial charge in [0.1, 0.15) is 12.1 Å². The first kappa shape index (κ1) is 18.4. The lowest BCUT2D eigenvalue weighted by Gasteiger charge is -2.30. The first-order chi connectivity index (χ1) is 13.0. The van der Waals surface area contributed by atoms with E-state index in [2.05, 4.69) is 24.6 Å². The molecular weight excluding hydrogens is 382 g/mol. The van der Waals surface area contributed by atoms with Crippen LogP contribution < -0.4 is 11.1 Å². The maximum atomic E-state index is 10.0. The van der Waals surface area contributed by atoms with Gasteiger partial charge in [-0.05, 0) is 32.0 Å². The van der Waals surface area contributed by atoms with Gasteiger partial charge < -0.3 is 16.3 Å². The number of thiazole rings is 1. The largest absolute Gasteiger partial charge is 0.399 e. The summed E-state index contributed by atoms with van der Waals surface area (Å²) in [7, 11) is 0. The lowest BCUT2D eigenvalue weighted by Crippen LogP contribution is -2.32. The average Bonchev–Trinajstić information content (AvgIpc) is 3.03. The van der Waals surface area contributed by atoms with Crippen molar-refractivity contribution in [3.63, 3.8) is 0 Å². The lowest BCUT2D eigenvalue weighted by molar-refractivity contribution is -0.0156. The molecule has 142 valence electrons. The monoisotopic (exact) mass is 403 g/mol. The van der Waals surface area contributed by atoms with Gasteiger partial charge in [-0.3, -0.25) is 0 Å². The van der Waals surface area contributed by atoms with Crippen LogP contribution in [0.2, 0.25) is 0 Å². The Morgan fingerprint density at radius 2 is 2.22 bits per heavy atom. The molecule has 3 heterocycles. The highest BCUT2D eigenvalue weighted by atomic mass is 32.2. The maximum Gasteiger partial charge on any atom is 0.189 e. The van der Waals surface area contributed by atoms with Crippen LogP contribution in [0.15, 0.2) is 24.5 Å². The summed E-state index contributed by atoms with van der Waals surface area (Å²) in [6.45, 7) is 5.35. The molecule has 0 unspecified atom stereocenters. The van der Waals surface area contributed by atoms with Gasteiger partial charge in [-0.25, -0.2) is 19.3 Å². The van der Waals surface area contributed by atoms with Crippen molar-refractivity contribution in [2.24, 2.45) is 0 Å². The van der Waals surface area contributed by atoms with E-state index in [1.165, 1.54) is 16.6 Å². The van der Waals surface area contributed by atoms with E-state index in [4.69, 9.17) is 5.73 Å². The molecule has 1 aromatic carbocycles. The Hall–Kier alpha value is -1.98. The van der Waals surface area contributed by atoms with Gasteiger partial charge in [-0.2, -0.15) is 0 Å². The van der Waals surface area contributed by atoms with Crippen LogP contribution in [0.3, 0.4) is 0 Å². The predicted octanol–water partition coefficient (Wildman–Crippen LogP) is 3.43. The Kier molecular flexibility index (Phi) is 5.15. The van der Waals surface area contributed by atoms with E-state index in [1.807, 2.05) is 32.0 Å². The van der Waals surface area contributed by atoms with Crippen molar-refractivity contribution in [3.8, 4) is 0 Å². The topological polar surface area (TPSA) is 103 Å². The number of hydrogen-bond donors (Lipinski definition) is 3. The Morgan fingerprint density at radius 3 is 3.04 bits per heavy atom. The van der Waals surface area contributed by atoms with Gasteiger partial charge in [-0.1, -0.05) is 11.3 Å². The molecule has 0 aliphatic carbocycles. The zero-order chi connectivity index (χ0) is 19.0. The fourth-order valence-corrected chi connectivity index (χ4v) is 4.50. The van der Waals surface area contributed by atoms with Gasteiger partial charge >= 0.3 is 0 Å². The van der Waals surface area contributed by atoms with Crippen molar-refractivity contribution >= 4 is 50.3 Å². The van der Waals surface area contributed by atoms with Crippen LogP contribution in [-0.4, -0.2) is 41.5 Å². The van der Waals surface area contributed by atoms with E-state index in [1.54, 1.807) is 17.7 Å². The van der Waals surface area contributed by atoms with Gasteiger partial charge in [0.05, 0.1) is 15.9 Å². The average molecular weight is 404 g/mol. The Bertz CT molecular complexity index is 962. The number of nitrogens with one attached hydrogen (secondary N) is 1. The van der Waals surface area contributed by atoms with E-state index in [-0.39, 0.29) is 6.04 Å². The van der Waals surface area contributed by atoms with E-state index in [0.717, 1.165) is 51.1 Å². The molecule has 2 aromatic heterocycles. The number of hydroxylamine groups is 1. The molecule has 3 aromatic rings. The van der Waals surface area contributed by atoms with E-state index in [0.29, 0.717) is 6.54 Å². The number of aromatic nitrogens is 3. The number of fused-ring (bicyclic) bond motifs is 2.